The molecule has 1 aliphatic rings. The Morgan fingerprint density at radius 1 is 0.448 bits per heavy atom. The summed E-state index contributed by atoms with van der Waals surface area (Å²) < 4.78 is 0. The Morgan fingerprint density at radius 3 is 1.39 bits per heavy atom. The summed E-state index contributed by atoms with van der Waals surface area (Å²) in [5.74, 6) is 0. The number of anilines is 3. The number of benzene rings is 8. The van der Waals surface area contributed by atoms with Crippen LogP contribution >= 0.6 is 0 Å². The van der Waals surface area contributed by atoms with Crippen molar-refractivity contribution in [3.8, 4) is 22.3 Å². The molecule has 0 aromatic heterocycles. The second kappa shape index (κ2) is 17.4. The molecule has 1 aliphatic carbocycles. The van der Waals surface area contributed by atoms with E-state index >= 15 is 0 Å². The van der Waals surface area contributed by atoms with Gasteiger partial charge in [-0.2, -0.15) is 0 Å². The highest BCUT2D eigenvalue weighted by Gasteiger charge is 2.30. The largest absolute Gasteiger partial charge is 0.310 e. The average molecular weight is 857 g/mol. The topological polar surface area (TPSA) is 6.48 Å². The molecule has 0 atom stereocenters. The van der Waals surface area contributed by atoms with Crippen LogP contribution in [0.1, 0.15) is 13.8 Å². The zero-order valence-corrected chi connectivity index (χ0v) is 37.7. The predicted molar refractivity (Wildman–Crippen MR) is 292 cm³/mol. The highest BCUT2D eigenvalue weighted by atomic mass is 15.2. The number of fused-ring (bicyclic) bond motifs is 6. The molecule has 10 aromatic carbocycles. The minimum Gasteiger partial charge on any atom is -0.310 e. The van der Waals surface area contributed by atoms with E-state index < -0.39 is 0 Å². The second-order valence-electron chi connectivity index (χ2n) is 16.8. The van der Waals surface area contributed by atoms with Crippen molar-refractivity contribution >= 4 is 81.7 Å². The van der Waals surface area contributed by atoms with Crippen molar-refractivity contribution in [2.75, 3.05) is 9.80 Å². The van der Waals surface area contributed by atoms with Crippen LogP contribution in [0, 0.1) is 0 Å². The Bertz CT molecular complexity index is 3720. The molecule has 0 fully saturated rings. The fraction of sp³-hybridized carbons (Fsp3) is 0.0308. The van der Waals surface area contributed by atoms with Gasteiger partial charge in [-0.25, -0.2) is 0 Å². The van der Waals surface area contributed by atoms with Gasteiger partial charge in [-0.05, 0) is 151 Å². The van der Waals surface area contributed by atoms with Crippen LogP contribution in [0.4, 0.5) is 17.1 Å². The minimum atomic E-state index is 1.04. The van der Waals surface area contributed by atoms with Crippen LogP contribution in [0.2, 0.25) is 0 Å². The number of allylic oxidation sites excluding steroid dienone is 12. The van der Waals surface area contributed by atoms with Crippen molar-refractivity contribution in [2.24, 2.45) is 0 Å². The molecule has 0 saturated carbocycles. The summed E-state index contributed by atoms with van der Waals surface area (Å²) in [7, 11) is 0. The summed E-state index contributed by atoms with van der Waals surface area (Å²) in [4.78, 5) is 4.73. The van der Waals surface area contributed by atoms with E-state index in [9.17, 15) is 0 Å². The summed E-state index contributed by atoms with van der Waals surface area (Å²) >= 11 is 0. The molecular weight excluding hydrogens is 809 g/mol. The lowest BCUT2D eigenvalue weighted by molar-refractivity contribution is 1.15. The van der Waals surface area contributed by atoms with E-state index in [-0.39, 0.29) is 0 Å². The first-order chi connectivity index (χ1) is 33.2. The Balaban J connectivity index is 1.32. The van der Waals surface area contributed by atoms with Crippen LogP contribution in [0.15, 0.2) is 267 Å². The molecule has 10 aromatic rings. The van der Waals surface area contributed by atoms with Crippen LogP contribution in [0.3, 0.4) is 0 Å². The quantitative estimate of drug-likeness (QED) is 0.0892. The van der Waals surface area contributed by atoms with Crippen molar-refractivity contribution in [2.45, 2.75) is 13.8 Å². The highest BCUT2D eigenvalue weighted by molar-refractivity contribution is 6.47. The van der Waals surface area contributed by atoms with E-state index in [1.807, 2.05) is 36.5 Å². The van der Waals surface area contributed by atoms with Crippen LogP contribution < -0.4 is 9.80 Å². The lowest BCUT2D eigenvalue weighted by atomic mass is 9.87. The predicted octanol–water partition coefficient (Wildman–Crippen LogP) is 18.2. The first-order valence-corrected chi connectivity index (χ1v) is 23.0. The zero-order chi connectivity index (χ0) is 45.4. The summed E-state index contributed by atoms with van der Waals surface area (Å²) in [6.07, 6.45) is 26.6. The second-order valence-corrected chi connectivity index (χ2v) is 16.8. The Morgan fingerprint density at radius 2 is 0.896 bits per heavy atom. The summed E-state index contributed by atoms with van der Waals surface area (Å²) in [6.45, 7) is 12.2. The zero-order valence-electron chi connectivity index (χ0n) is 37.7. The number of para-hydroxylation sites is 1. The fourth-order valence-corrected chi connectivity index (χ4v) is 10.6. The molecule has 0 unspecified atom stereocenters. The van der Waals surface area contributed by atoms with E-state index in [1.54, 1.807) is 0 Å². The summed E-state index contributed by atoms with van der Waals surface area (Å²) in [5.41, 5.74) is 14.6. The SMILES string of the molecule is C=CC=CC(=CC)N(C1=CC=C=CC=C1)c1ccc2c3c(-c4ccccc4)c4c5cccc6c(N(C(C=CC=C)=CC)c7ccccc7)ccc(c4c(-c4ccccc4)c3c3cccc1c23)c65. The molecule has 0 aliphatic heterocycles. The lowest BCUT2D eigenvalue weighted by Crippen LogP contribution is -2.20. The van der Waals surface area contributed by atoms with Gasteiger partial charge in [0.05, 0.1) is 11.4 Å². The Hall–Kier alpha value is -8.68. The van der Waals surface area contributed by atoms with Crippen LogP contribution in [-0.4, -0.2) is 0 Å². The molecule has 2 heteroatoms. The van der Waals surface area contributed by atoms with Crippen LogP contribution in [-0.2, 0) is 0 Å². The molecule has 0 heterocycles. The monoisotopic (exact) mass is 856 g/mol. The average Bonchev–Trinajstić information content (AvgIpc) is 3.74. The molecule has 0 saturated heterocycles. The molecule has 0 bridgehead atoms. The molecular formula is C65H48N2. The molecule has 0 spiro atoms. The number of rotatable bonds is 12. The fourth-order valence-electron chi connectivity index (χ4n) is 10.6. The van der Waals surface area contributed by atoms with Gasteiger partial charge in [0.25, 0.3) is 0 Å². The minimum absolute atomic E-state index is 1.04. The maximum atomic E-state index is 4.00. The molecule has 2 nitrogen and oxygen atoms in total. The maximum Gasteiger partial charge on any atom is 0.0540 e. The van der Waals surface area contributed by atoms with Crippen molar-refractivity contribution in [3.05, 3.63) is 267 Å². The van der Waals surface area contributed by atoms with Crippen LogP contribution in [0.5, 0.6) is 0 Å². The van der Waals surface area contributed by atoms with E-state index in [1.165, 1.54) is 86.9 Å². The normalized spacial score (nSPS) is 13.4. The van der Waals surface area contributed by atoms with E-state index in [2.05, 4.69) is 237 Å². The van der Waals surface area contributed by atoms with Crippen molar-refractivity contribution in [3.63, 3.8) is 0 Å². The molecule has 0 radical (unpaired) electrons. The van der Waals surface area contributed by atoms with Crippen LogP contribution in [0.25, 0.3) is 86.9 Å². The van der Waals surface area contributed by atoms with Gasteiger partial charge in [-0.3, -0.25) is 0 Å². The summed E-state index contributed by atoms with van der Waals surface area (Å²) in [6, 6.07) is 56.0. The van der Waals surface area contributed by atoms with Gasteiger partial charge >= 0.3 is 0 Å². The first kappa shape index (κ1) is 41.1. The lowest BCUT2D eigenvalue weighted by Gasteiger charge is -2.28. The number of nitrogens with zero attached hydrogens (tertiary/aromatic N) is 2. The highest BCUT2D eigenvalue weighted by Crippen LogP contribution is 2.57. The number of hydrogen-bond donors (Lipinski definition) is 0. The molecule has 318 valence electrons. The van der Waals surface area contributed by atoms with Gasteiger partial charge in [0.2, 0.25) is 0 Å². The Kier molecular flexibility index (Phi) is 10.6. The third-order valence-corrected chi connectivity index (χ3v) is 13.2. The van der Waals surface area contributed by atoms with Gasteiger partial charge in [0, 0.05) is 33.6 Å². The standard InChI is InChI=1S/C65H48N2/c1-5-9-30-46(7-3)66(48-32-20-11-12-21-33-48)56-42-40-54-60-50(56)36-24-38-52(60)62-58(44-26-16-13-17-27-44)65-55-41-43-57(67(47(8-4)31-10-6-2)49-34-22-15-23-35-49)51-37-25-39-53(61(51)55)63(65)59(64(54)62)45-28-18-14-19-29-45/h5-11,13-43H,1-2H2,3-4H3. The number of hydrogen-bond acceptors (Lipinski definition) is 2. The third-order valence-electron chi connectivity index (χ3n) is 13.2. The molecule has 67 heavy (non-hydrogen) atoms. The van der Waals surface area contributed by atoms with Crippen molar-refractivity contribution in [1.82, 2.24) is 0 Å². The Labute approximate surface area is 392 Å². The van der Waals surface area contributed by atoms with Crippen molar-refractivity contribution < 1.29 is 0 Å². The van der Waals surface area contributed by atoms with Gasteiger partial charge < -0.3 is 9.80 Å². The van der Waals surface area contributed by atoms with Crippen molar-refractivity contribution in [1.29, 1.82) is 0 Å². The molecule has 0 amide bonds. The molecule has 0 N–H and O–H groups in total. The van der Waals surface area contributed by atoms with E-state index in [0.717, 1.165) is 34.2 Å². The maximum absolute atomic E-state index is 4.00. The third kappa shape index (κ3) is 6.66. The van der Waals surface area contributed by atoms with Gasteiger partial charge in [-0.15, -0.1) is 5.73 Å². The van der Waals surface area contributed by atoms with E-state index in [4.69, 9.17) is 0 Å². The van der Waals surface area contributed by atoms with Gasteiger partial charge in [-0.1, -0.05) is 183 Å². The smallest absolute Gasteiger partial charge is 0.0540 e. The molecule has 11 rings (SSSR count). The van der Waals surface area contributed by atoms with E-state index in [0.29, 0.717) is 0 Å². The van der Waals surface area contributed by atoms with Gasteiger partial charge in [0.1, 0.15) is 0 Å². The van der Waals surface area contributed by atoms with Gasteiger partial charge in [0.15, 0.2) is 0 Å². The summed E-state index contributed by atoms with van der Waals surface area (Å²) in [5, 5.41) is 15.0. The first-order valence-electron chi connectivity index (χ1n) is 23.0.